The minimum atomic E-state index is -1.04. The van der Waals surface area contributed by atoms with E-state index in [4.69, 9.17) is 4.74 Å². The molecule has 220 valence electrons. The quantitative estimate of drug-likeness (QED) is 0.336. The second kappa shape index (κ2) is 10.7. The predicted octanol–water partition coefficient (Wildman–Crippen LogP) is 5.06. The summed E-state index contributed by atoms with van der Waals surface area (Å²) in [6.07, 6.45) is 9.55. The third-order valence-corrected chi connectivity index (χ3v) is 11.2. The lowest BCUT2D eigenvalue weighted by Crippen LogP contribution is -2.54. The summed E-state index contributed by atoms with van der Waals surface area (Å²) in [4.78, 5) is 46.8. The molecule has 0 aliphatic carbocycles. The Labute approximate surface area is 255 Å². The first kappa shape index (κ1) is 27.9. The van der Waals surface area contributed by atoms with Crippen LogP contribution in [0.25, 0.3) is 10.8 Å². The summed E-state index contributed by atoms with van der Waals surface area (Å²) < 4.78 is 3.95. The zero-order valence-electron chi connectivity index (χ0n) is 24.0. The maximum Gasteiger partial charge on any atom is 0.311 e. The number of carbonyl (C=O) groups is 3. The number of aliphatic hydroxyl groups is 1. The number of esters is 1. The van der Waals surface area contributed by atoms with E-state index in [0.29, 0.717) is 13.0 Å². The molecule has 3 aromatic carbocycles. The smallest absolute Gasteiger partial charge is 0.311 e. The van der Waals surface area contributed by atoms with E-state index in [-0.39, 0.29) is 25.0 Å². The van der Waals surface area contributed by atoms with E-state index in [1.165, 1.54) is 11.8 Å². The molecule has 0 radical (unpaired) electrons. The van der Waals surface area contributed by atoms with E-state index in [2.05, 4.69) is 6.08 Å². The van der Waals surface area contributed by atoms with Gasteiger partial charge in [-0.25, -0.2) is 0 Å². The van der Waals surface area contributed by atoms with Gasteiger partial charge in [0.05, 0.1) is 35.8 Å². The minimum absolute atomic E-state index is 0.231. The SMILES string of the molecule is C[C@@]12/C=C\CCCOC(=O)[C@@H]1[C@H]1C(=O)N([C@H](CO)c3ccccc3)C3C(=O)N(c4ccc5ccccc5c4)CC=C[C@@]31S2. The van der Waals surface area contributed by atoms with Crippen LogP contribution in [0.2, 0.25) is 0 Å². The van der Waals surface area contributed by atoms with Crippen LogP contribution in [-0.2, 0) is 19.1 Å². The van der Waals surface area contributed by atoms with Crippen LogP contribution in [0.5, 0.6) is 0 Å². The maximum absolute atomic E-state index is 15.0. The number of carbonyl (C=O) groups excluding carboxylic acids is 3. The topological polar surface area (TPSA) is 87.1 Å². The van der Waals surface area contributed by atoms with Crippen molar-refractivity contribution in [1.29, 1.82) is 0 Å². The Kier molecular flexibility index (Phi) is 6.94. The average molecular weight is 595 g/mol. The molecular formula is C35H34N2O5S. The van der Waals surface area contributed by atoms with Crippen LogP contribution in [0.1, 0.15) is 31.4 Å². The second-order valence-electron chi connectivity index (χ2n) is 11.9. The number of nitrogens with zero attached hydrogens (tertiary/aromatic N) is 2. The fourth-order valence-corrected chi connectivity index (χ4v) is 9.65. The van der Waals surface area contributed by atoms with E-state index in [9.17, 15) is 19.5 Å². The highest BCUT2D eigenvalue weighted by Crippen LogP contribution is 2.66. The van der Waals surface area contributed by atoms with Gasteiger partial charge in [0, 0.05) is 17.0 Å². The molecule has 0 aromatic heterocycles. The number of allylic oxidation sites excluding steroid dienone is 1. The van der Waals surface area contributed by atoms with Crippen molar-refractivity contribution < 1.29 is 24.2 Å². The van der Waals surface area contributed by atoms with Crippen LogP contribution in [0, 0.1) is 11.8 Å². The third kappa shape index (κ3) is 4.33. The van der Waals surface area contributed by atoms with Gasteiger partial charge in [-0.2, -0.15) is 0 Å². The first-order valence-electron chi connectivity index (χ1n) is 14.9. The van der Waals surface area contributed by atoms with Gasteiger partial charge in [-0.3, -0.25) is 14.4 Å². The zero-order chi connectivity index (χ0) is 29.8. The van der Waals surface area contributed by atoms with Crippen LogP contribution in [0.3, 0.4) is 0 Å². The predicted molar refractivity (Wildman–Crippen MR) is 167 cm³/mol. The van der Waals surface area contributed by atoms with Gasteiger partial charge in [0.25, 0.3) is 5.91 Å². The summed E-state index contributed by atoms with van der Waals surface area (Å²) in [7, 11) is 0. The number of amides is 2. The monoisotopic (exact) mass is 594 g/mol. The molecule has 2 amide bonds. The highest BCUT2D eigenvalue weighted by molar-refractivity contribution is 8.02. The van der Waals surface area contributed by atoms with Crippen LogP contribution in [0.15, 0.2) is 97.1 Å². The summed E-state index contributed by atoms with van der Waals surface area (Å²) in [6, 6.07) is 21.5. The van der Waals surface area contributed by atoms with Crippen LogP contribution in [-0.4, -0.2) is 63.1 Å². The van der Waals surface area contributed by atoms with Gasteiger partial charge in [-0.05, 0) is 48.2 Å². The lowest BCUT2D eigenvalue weighted by Gasteiger charge is -2.40. The molecule has 1 unspecified atom stereocenters. The molecule has 0 saturated carbocycles. The zero-order valence-corrected chi connectivity index (χ0v) is 24.8. The number of anilines is 1. The highest BCUT2D eigenvalue weighted by Gasteiger charge is 2.74. The molecule has 4 aliphatic rings. The van der Waals surface area contributed by atoms with Gasteiger partial charge in [0.2, 0.25) is 5.91 Å². The number of aliphatic hydroxyl groups excluding tert-OH is 1. The van der Waals surface area contributed by atoms with Gasteiger partial charge < -0.3 is 19.6 Å². The van der Waals surface area contributed by atoms with Crippen LogP contribution < -0.4 is 4.90 Å². The summed E-state index contributed by atoms with van der Waals surface area (Å²) in [5.41, 5.74) is 1.47. The Morgan fingerprint density at radius 3 is 2.49 bits per heavy atom. The minimum Gasteiger partial charge on any atom is -0.465 e. The number of fused-ring (bicyclic) bond motifs is 3. The highest BCUT2D eigenvalue weighted by atomic mass is 32.2. The van der Waals surface area contributed by atoms with Crippen LogP contribution in [0.4, 0.5) is 5.69 Å². The number of cyclic esters (lactones) is 1. The summed E-state index contributed by atoms with van der Waals surface area (Å²) in [5.74, 6) is -2.57. The van der Waals surface area contributed by atoms with E-state index >= 15 is 0 Å². The molecule has 4 aliphatic heterocycles. The van der Waals surface area contributed by atoms with Crippen molar-refractivity contribution in [1.82, 2.24) is 4.90 Å². The van der Waals surface area contributed by atoms with Gasteiger partial charge >= 0.3 is 5.97 Å². The molecular weight excluding hydrogens is 560 g/mol. The van der Waals surface area contributed by atoms with Crippen molar-refractivity contribution in [2.75, 3.05) is 24.7 Å². The molecule has 2 fully saturated rings. The van der Waals surface area contributed by atoms with E-state index in [0.717, 1.165) is 28.4 Å². The molecule has 2 saturated heterocycles. The van der Waals surface area contributed by atoms with Crippen molar-refractivity contribution in [2.45, 2.75) is 41.3 Å². The molecule has 43 heavy (non-hydrogen) atoms. The Morgan fingerprint density at radius 1 is 0.930 bits per heavy atom. The second-order valence-corrected chi connectivity index (χ2v) is 13.7. The summed E-state index contributed by atoms with van der Waals surface area (Å²) >= 11 is 1.52. The Morgan fingerprint density at radius 2 is 1.70 bits per heavy atom. The van der Waals surface area contributed by atoms with Crippen molar-refractivity contribution >= 4 is 46.0 Å². The van der Waals surface area contributed by atoms with E-state index < -0.39 is 39.4 Å². The Balaban J connectivity index is 1.40. The molecule has 4 heterocycles. The Hall–Kier alpha value is -3.88. The number of likely N-dealkylation sites (tertiary alicyclic amines) is 1. The van der Waals surface area contributed by atoms with Crippen LogP contribution >= 0.6 is 11.8 Å². The molecule has 7 nitrogen and oxygen atoms in total. The lowest BCUT2D eigenvalue weighted by atomic mass is 9.74. The van der Waals surface area contributed by atoms with Gasteiger partial charge in [0.1, 0.15) is 6.04 Å². The first-order valence-corrected chi connectivity index (χ1v) is 15.7. The standard InChI is InChI=1S/C35H34N2O5S/c1-34-17-8-3-9-20-42-33(41)29(34)28-31(39)37(27(22-38)24-12-4-2-5-13-24)30-32(40)36(19-10-18-35(28,30)43-34)26-16-15-23-11-6-7-14-25(23)21-26/h2,4-8,10-18,21,27-30,38H,3,9,19-20,22H2,1H3/b17-8-/t27-,28+,29+,30?,34-,35+/m1/s1. The average Bonchev–Trinajstić information content (AvgIpc) is 3.37. The number of thioether (sulfide) groups is 1. The summed E-state index contributed by atoms with van der Waals surface area (Å²) in [5, 5.41) is 12.9. The molecule has 3 aromatic rings. The van der Waals surface area contributed by atoms with Crippen molar-refractivity contribution in [3.05, 3.63) is 103 Å². The molecule has 6 atom stereocenters. The van der Waals surface area contributed by atoms with E-state index in [1.807, 2.05) is 97.9 Å². The van der Waals surface area contributed by atoms with Gasteiger partial charge in [-0.15, -0.1) is 11.8 Å². The number of rotatable bonds is 4. The van der Waals surface area contributed by atoms with Gasteiger partial charge in [-0.1, -0.05) is 85.0 Å². The number of benzene rings is 3. The molecule has 0 bridgehead atoms. The largest absolute Gasteiger partial charge is 0.465 e. The fraction of sp³-hybridized carbons (Fsp3) is 0.343. The molecule has 1 N–H and O–H groups in total. The lowest BCUT2D eigenvalue weighted by molar-refractivity contribution is -0.154. The Bertz CT molecular complexity index is 1660. The number of ether oxygens (including phenoxy) is 1. The van der Waals surface area contributed by atoms with Crippen molar-refractivity contribution in [3.63, 3.8) is 0 Å². The van der Waals surface area contributed by atoms with Crippen molar-refractivity contribution in [2.24, 2.45) is 11.8 Å². The maximum atomic E-state index is 15.0. The number of hydrogen-bond acceptors (Lipinski definition) is 6. The molecule has 1 spiro atoms. The third-order valence-electron chi connectivity index (χ3n) is 9.43. The molecule has 8 heteroatoms. The van der Waals surface area contributed by atoms with Gasteiger partial charge in [0.15, 0.2) is 0 Å². The number of hydrogen-bond donors (Lipinski definition) is 1. The first-order chi connectivity index (χ1) is 20.9. The van der Waals surface area contributed by atoms with Crippen molar-refractivity contribution in [3.8, 4) is 0 Å². The molecule has 7 rings (SSSR count). The summed E-state index contributed by atoms with van der Waals surface area (Å²) in [6.45, 7) is 2.23. The normalized spacial score (nSPS) is 31.8. The fourth-order valence-electron chi connectivity index (χ4n) is 7.52. The van der Waals surface area contributed by atoms with E-state index in [1.54, 1.807) is 9.80 Å².